The molecule has 0 aliphatic rings. The topological polar surface area (TPSA) is 46.2 Å². The fourth-order valence-corrected chi connectivity index (χ4v) is 1.85. The van der Waals surface area contributed by atoms with Gasteiger partial charge in [-0.2, -0.15) is 0 Å². The van der Waals surface area contributed by atoms with Crippen LogP contribution in [0.3, 0.4) is 0 Å². The van der Waals surface area contributed by atoms with Crippen LogP contribution in [-0.2, 0) is 0 Å². The molecule has 0 atom stereocenters. The maximum Gasteiger partial charge on any atom is 0.251 e. The number of Topliss-reactive ketones (excluding diaryl/α,β-unsaturated/α-hetero) is 1. The molecule has 0 saturated carbocycles. The lowest BCUT2D eigenvalue weighted by Gasteiger charge is -2.05. The Bertz CT molecular complexity index is 600. The second-order valence-electron chi connectivity index (χ2n) is 4.13. The van der Waals surface area contributed by atoms with E-state index in [1.165, 1.54) is 24.3 Å². The molecule has 2 aromatic carbocycles. The second kappa shape index (κ2) is 6.30. The predicted molar refractivity (Wildman–Crippen MR) is 74.5 cm³/mol. The molecule has 102 valence electrons. The Labute approximate surface area is 120 Å². The number of carbonyl (C=O) groups is 2. The molecule has 0 aromatic heterocycles. The lowest BCUT2D eigenvalue weighted by molar-refractivity contribution is 0.0904. The summed E-state index contributed by atoms with van der Waals surface area (Å²) in [5, 5.41) is 2.91. The van der Waals surface area contributed by atoms with E-state index in [9.17, 15) is 14.0 Å². The van der Waals surface area contributed by atoms with Crippen LogP contribution in [-0.4, -0.2) is 18.2 Å². The standard InChI is InChI=1S/C15H11ClFNO2/c16-12-5-1-4-11(7-12)15(20)18-9-14(19)10-3-2-6-13(17)8-10/h1-8H,9H2,(H,18,20). The lowest BCUT2D eigenvalue weighted by atomic mass is 10.1. The lowest BCUT2D eigenvalue weighted by Crippen LogP contribution is -2.29. The number of halogens is 2. The quantitative estimate of drug-likeness (QED) is 0.880. The molecule has 0 aliphatic carbocycles. The summed E-state index contributed by atoms with van der Waals surface area (Å²) in [6, 6.07) is 11.7. The van der Waals surface area contributed by atoms with Gasteiger partial charge >= 0.3 is 0 Å². The highest BCUT2D eigenvalue weighted by atomic mass is 35.5. The average molecular weight is 292 g/mol. The average Bonchev–Trinajstić information content (AvgIpc) is 2.44. The third-order valence-corrected chi connectivity index (χ3v) is 2.88. The van der Waals surface area contributed by atoms with Crippen molar-refractivity contribution in [3.63, 3.8) is 0 Å². The molecular formula is C15H11ClFNO2. The van der Waals surface area contributed by atoms with Crippen LogP contribution in [0.5, 0.6) is 0 Å². The minimum Gasteiger partial charge on any atom is -0.345 e. The Balaban J connectivity index is 1.98. The maximum atomic E-state index is 13.0. The van der Waals surface area contributed by atoms with Crippen molar-refractivity contribution < 1.29 is 14.0 Å². The first kappa shape index (κ1) is 14.2. The third-order valence-electron chi connectivity index (χ3n) is 2.64. The van der Waals surface area contributed by atoms with Crippen LogP contribution >= 0.6 is 11.6 Å². The Hall–Kier alpha value is -2.20. The molecule has 3 nitrogen and oxygen atoms in total. The molecule has 0 heterocycles. The molecule has 0 aliphatic heterocycles. The van der Waals surface area contributed by atoms with Gasteiger partial charge in [0.2, 0.25) is 0 Å². The van der Waals surface area contributed by atoms with Gasteiger partial charge in [0.15, 0.2) is 5.78 Å². The predicted octanol–water partition coefficient (Wildman–Crippen LogP) is 3.09. The highest BCUT2D eigenvalue weighted by Crippen LogP contribution is 2.10. The van der Waals surface area contributed by atoms with E-state index in [4.69, 9.17) is 11.6 Å². The first-order chi connectivity index (χ1) is 9.56. The largest absolute Gasteiger partial charge is 0.345 e. The summed E-state index contributed by atoms with van der Waals surface area (Å²) in [5.41, 5.74) is 0.584. The van der Waals surface area contributed by atoms with Crippen molar-refractivity contribution in [2.24, 2.45) is 0 Å². The van der Waals surface area contributed by atoms with Crippen molar-refractivity contribution in [2.75, 3.05) is 6.54 Å². The van der Waals surface area contributed by atoms with Crippen molar-refractivity contribution in [2.45, 2.75) is 0 Å². The third kappa shape index (κ3) is 3.65. The van der Waals surface area contributed by atoms with E-state index in [2.05, 4.69) is 5.32 Å². The molecule has 5 heteroatoms. The SMILES string of the molecule is O=C(CNC(=O)c1cccc(Cl)c1)c1cccc(F)c1. The number of hydrogen-bond acceptors (Lipinski definition) is 2. The molecule has 2 rings (SSSR count). The summed E-state index contributed by atoms with van der Waals surface area (Å²) >= 11 is 5.78. The number of hydrogen-bond donors (Lipinski definition) is 1. The van der Waals surface area contributed by atoms with Crippen molar-refractivity contribution in [3.05, 3.63) is 70.5 Å². The highest BCUT2D eigenvalue weighted by molar-refractivity contribution is 6.31. The normalized spacial score (nSPS) is 10.1. The van der Waals surface area contributed by atoms with Crippen molar-refractivity contribution >= 4 is 23.3 Å². The number of carbonyl (C=O) groups excluding carboxylic acids is 2. The molecule has 1 N–H and O–H groups in total. The fourth-order valence-electron chi connectivity index (χ4n) is 1.66. The van der Waals surface area contributed by atoms with Crippen LogP contribution in [0.4, 0.5) is 4.39 Å². The highest BCUT2D eigenvalue weighted by Gasteiger charge is 2.10. The van der Waals surface area contributed by atoms with E-state index >= 15 is 0 Å². The molecule has 2 aromatic rings. The number of nitrogens with one attached hydrogen (secondary N) is 1. The van der Waals surface area contributed by atoms with Gasteiger partial charge in [0.05, 0.1) is 6.54 Å². The molecule has 0 unspecified atom stereocenters. The van der Waals surface area contributed by atoms with Crippen LogP contribution in [0.2, 0.25) is 5.02 Å². The smallest absolute Gasteiger partial charge is 0.251 e. The number of ketones is 1. The van der Waals surface area contributed by atoms with E-state index in [0.717, 1.165) is 6.07 Å². The maximum absolute atomic E-state index is 13.0. The van der Waals surface area contributed by atoms with Gasteiger partial charge in [-0.15, -0.1) is 0 Å². The molecule has 0 fully saturated rings. The Morgan fingerprint density at radius 2 is 1.75 bits per heavy atom. The summed E-state index contributed by atoms with van der Waals surface area (Å²) < 4.78 is 13.0. The Kier molecular flexibility index (Phi) is 4.48. The number of rotatable bonds is 4. The van der Waals surface area contributed by atoms with Gasteiger partial charge in [-0.3, -0.25) is 9.59 Å². The summed E-state index contributed by atoms with van der Waals surface area (Å²) in [6.07, 6.45) is 0. The molecule has 1 amide bonds. The van der Waals surface area contributed by atoms with Gasteiger partial charge in [0.25, 0.3) is 5.91 Å². The van der Waals surface area contributed by atoms with Crippen LogP contribution in [0.15, 0.2) is 48.5 Å². The van der Waals surface area contributed by atoms with E-state index in [1.54, 1.807) is 18.2 Å². The minimum absolute atomic E-state index is 0.200. The van der Waals surface area contributed by atoms with Crippen LogP contribution < -0.4 is 5.32 Å². The van der Waals surface area contributed by atoms with Gasteiger partial charge in [0.1, 0.15) is 5.82 Å². The van der Waals surface area contributed by atoms with Gasteiger partial charge in [-0.05, 0) is 30.3 Å². The van der Waals surface area contributed by atoms with Gasteiger partial charge in [-0.1, -0.05) is 29.8 Å². The van der Waals surface area contributed by atoms with Crippen molar-refractivity contribution in [1.82, 2.24) is 5.32 Å². The van der Waals surface area contributed by atoms with Crippen LogP contribution in [0.25, 0.3) is 0 Å². The zero-order valence-corrected chi connectivity index (χ0v) is 11.2. The molecular weight excluding hydrogens is 281 g/mol. The minimum atomic E-state index is -0.489. The zero-order chi connectivity index (χ0) is 14.5. The summed E-state index contributed by atoms with van der Waals surface area (Å²) in [5.74, 6) is -1.26. The summed E-state index contributed by atoms with van der Waals surface area (Å²) in [6.45, 7) is -0.200. The van der Waals surface area contributed by atoms with Gasteiger partial charge in [0, 0.05) is 16.1 Å². The van der Waals surface area contributed by atoms with E-state index in [-0.39, 0.29) is 17.9 Å². The molecule has 0 radical (unpaired) electrons. The number of benzene rings is 2. The van der Waals surface area contributed by atoms with Crippen molar-refractivity contribution in [1.29, 1.82) is 0 Å². The molecule has 0 saturated heterocycles. The number of amides is 1. The summed E-state index contributed by atoms with van der Waals surface area (Å²) in [4.78, 5) is 23.6. The van der Waals surface area contributed by atoms with E-state index < -0.39 is 11.7 Å². The summed E-state index contributed by atoms with van der Waals surface area (Å²) in [7, 11) is 0. The Morgan fingerprint density at radius 1 is 1.05 bits per heavy atom. The molecule has 20 heavy (non-hydrogen) atoms. The molecule has 0 spiro atoms. The molecule has 0 bridgehead atoms. The van der Waals surface area contributed by atoms with Crippen LogP contribution in [0.1, 0.15) is 20.7 Å². The zero-order valence-electron chi connectivity index (χ0n) is 10.4. The van der Waals surface area contributed by atoms with Gasteiger partial charge < -0.3 is 5.32 Å². The van der Waals surface area contributed by atoms with Crippen LogP contribution in [0, 0.1) is 5.82 Å². The van der Waals surface area contributed by atoms with Gasteiger partial charge in [-0.25, -0.2) is 4.39 Å². The van der Waals surface area contributed by atoms with E-state index in [0.29, 0.717) is 10.6 Å². The van der Waals surface area contributed by atoms with Crippen molar-refractivity contribution in [3.8, 4) is 0 Å². The fraction of sp³-hybridized carbons (Fsp3) is 0.0667. The van der Waals surface area contributed by atoms with E-state index in [1.807, 2.05) is 0 Å². The first-order valence-corrected chi connectivity index (χ1v) is 6.26. The second-order valence-corrected chi connectivity index (χ2v) is 4.56. The first-order valence-electron chi connectivity index (χ1n) is 5.89. The monoisotopic (exact) mass is 291 g/mol. The Morgan fingerprint density at radius 3 is 2.45 bits per heavy atom.